The van der Waals surface area contributed by atoms with Crippen LogP contribution in [0.2, 0.25) is 0 Å². The molecule has 0 saturated heterocycles. The van der Waals surface area contributed by atoms with Gasteiger partial charge in [0.2, 0.25) is 5.95 Å². The quantitative estimate of drug-likeness (QED) is 0.651. The van der Waals surface area contributed by atoms with E-state index in [2.05, 4.69) is 10.3 Å². The molecule has 1 heterocycles. The van der Waals surface area contributed by atoms with Gasteiger partial charge in [0.25, 0.3) is 0 Å². The van der Waals surface area contributed by atoms with E-state index in [0.29, 0.717) is 33.9 Å². The van der Waals surface area contributed by atoms with Gasteiger partial charge in [-0.3, -0.25) is 0 Å². The zero-order valence-corrected chi connectivity index (χ0v) is 16.8. The maximum Gasteiger partial charge on any atom is 0.335 e. The number of hydrogen-bond donors (Lipinski definition) is 2. The Morgan fingerprint density at radius 2 is 1.86 bits per heavy atom. The minimum Gasteiger partial charge on any atom is -0.497 e. The molecule has 0 aliphatic heterocycles. The molecule has 0 aliphatic carbocycles. The number of aryl methyl sites for hydroxylation is 3. The monoisotopic (exact) mass is 403 g/mol. The number of methoxy groups -OCH3 is 1. The maximum atomic E-state index is 12.9. The number of fused-ring (bicyclic) bond motifs is 1. The number of ether oxygens (including phenoxy) is 1. The first-order chi connectivity index (χ1) is 13.1. The van der Waals surface area contributed by atoms with E-state index in [4.69, 9.17) is 9.84 Å². The normalized spacial score (nSPS) is 11.6. The van der Waals surface area contributed by atoms with Crippen LogP contribution in [0.15, 0.2) is 35.2 Å². The lowest BCUT2D eigenvalue weighted by molar-refractivity contribution is 0.0697. The summed E-state index contributed by atoms with van der Waals surface area (Å²) in [5.74, 6) is -0.439. The summed E-state index contributed by atoms with van der Waals surface area (Å²) in [6.07, 6.45) is 0. The van der Waals surface area contributed by atoms with E-state index in [1.807, 2.05) is 0 Å². The minimum atomic E-state index is -3.63. The fraction of sp³-hybridized carbons (Fsp3) is 0.263. The Labute approximate surface area is 162 Å². The Balaban J connectivity index is 1.91. The molecule has 0 unspecified atom stereocenters. The fourth-order valence-electron chi connectivity index (χ4n) is 3.23. The minimum absolute atomic E-state index is 0.138. The molecule has 8 nitrogen and oxygen atoms in total. The SMILES string of the molecule is COc1cc(C)c(S(=O)(=O)CNc2nc3ccc(C(=O)O)cc3n2C)c(C)c1. The Bertz CT molecular complexity index is 1160. The zero-order chi connectivity index (χ0) is 20.6. The number of nitrogens with one attached hydrogen (secondary N) is 1. The number of sulfone groups is 1. The van der Waals surface area contributed by atoms with Gasteiger partial charge in [0.05, 0.1) is 28.6 Å². The van der Waals surface area contributed by atoms with Gasteiger partial charge in [-0.2, -0.15) is 0 Å². The number of rotatable bonds is 6. The van der Waals surface area contributed by atoms with Crippen molar-refractivity contribution >= 4 is 32.8 Å². The van der Waals surface area contributed by atoms with E-state index in [0.717, 1.165) is 0 Å². The van der Waals surface area contributed by atoms with Gasteiger partial charge < -0.3 is 19.7 Å². The van der Waals surface area contributed by atoms with E-state index in [-0.39, 0.29) is 16.3 Å². The predicted molar refractivity (Wildman–Crippen MR) is 106 cm³/mol. The number of nitrogens with zero attached hydrogens (tertiary/aromatic N) is 2. The van der Waals surface area contributed by atoms with Gasteiger partial charge in [0.1, 0.15) is 11.6 Å². The standard InChI is InChI=1S/C19H21N3O5S/c1-11-7-14(27-4)8-12(2)17(11)28(25,26)10-20-19-21-15-6-5-13(18(23)24)9-16(15)22(19)3/h5-9H,10H2,1-4H3,(H,20,21)(H,23,24). The zero-order valence-electron chi connectivity index (χ0n) is 16.0. The van der Waals surface area contributed by atoms with Gasteiger partial charge in [-0.1, -0.05) is 0 Å². The van der Waals surface area contributed by atoms with Gasteiger partial charge in [0, 0.05) is 7.05 Å². The number of carboxylic acid groups (broad SMARTS) is 1. The number of aromatic carboxylic acids is 1. The summed E-state index contributed by atoms with van der Waals surface area (Å²) in [4.78, 5) is 15.8. The molecular formula is C19H21N3O5S. The molecule has 3 aromatic rings. The second-order valence-corrected chi connectivity index (χ2v) is 8.46. The van der Waals surface area contributed by atoms with Crippen LogP contribution >= 0.6 is 0 Å². The van der Waals surface area contributed by atoms with Crippen LogP contribution in [0.25, 0.3) is 11.0 Å². The number of aromatic nitrogens is 2. The lowest BCUT2D eigenvalue weighted by Gasteiger charge is -2.14. The summed E-state index contributed by atoms with van der Waals surface area (Å²) in [7, 11) is -0.407. The van der Waals surface area contributed by atoms with Gasteiger partial charge in [-0.25, -0.2) is 18.2 Å². The highest BCUT2D eigenvalue weighted by Gasteiger charge is 2.22. The van der Waals surface area contributed by atoms with Crippen molar-refractivity contribution in [3.63, 3.8) is 0 Å². The molecule has 0 fully saturated rings. The highest BCUT2D eigenvalue weighted by molar-refractivity contribution is 7.91. The van der Waals surface area contributed by atoms with Crippen LogP contribution in [0.3, 0.4) is 0 Å². The first-order valence-corrected chi connectivity index (χ1v) is 10.1. The average Bonchev–Trinajstić information content (AvgIpc) is 2.94. The van der Waals surface area contributed by atoms with Crippen LogP contribution in [-0.4, -0.2) is 42.0 Å². The number of imidazole rings is 1. The van der Waals surface area contributed by atoms with E-state index >= 15 is 0 Å². The molecule has 0 bridgehead atoms. The van der Waals surface area contributed by atoms with Crippen molar-refractivity contribution in [2.24, 2.45) is 7.05 Å². The largest absolute Gasteiger partial charge is 0.497 e. The van der Waals surface area contributed by atoms with Crippen molar-refractivity contribution in [2.45, 2.75) is 18.7 Å². The molecule has 1 aromatic heterocycles. The molecule has 9 heteroatoms. The van der Waals surface area contributed by atoms with Crippen LogP contribution in [0, 0.1) is 13.8 Å². The molecule has 0 aliphatic rings. The molecule has 0 atom stereocenters. The average molecular weight is 403 g/mol. The number of carbonyl (C=O) groups is 1. The third kappa shape index (κ3) is 3.53. The highest BCUT2D eigenvalue weighted by atomic mass is 32.2. The lowest BCUT2D eigenvalue weighted by atomic mass is 10.1. The molecule has 0 amide bonds. The predicted octanol–water partition coefficient (Wildman–Crippen LogP) is 2.74. The molecule has 2 N–H and O–H groups in total. The van der Waals surface area contributed by atoms with Crippen molar-refractivity contribution in [1.29, 1.82) is 0 Å². The summed E-state index contributed by atoms with van der Waals surface area (Å²) in [5, 5.41) is 12.0. The number of hydrogen-bond acceptors (Lipinski definition) is 6. The Morgan fingerprint density at radius 1 is 1.21 bits per heavy atom. The molecule has 148 valence electrons. The third-order valence-electron chi connectivity index (χ3n) is 4.53. The van der Waals surface area contributed by atoms with E-state index in [1.165, 1.54) is 19.2 Å². The number of carboxylic acids is 1. The van der Waals surface area contributed by atoms with Crippen molar-refractivity contribution in [3.05, 3.63) is 47.0 Å². The molecular weight excluding hydrogens is 382 g/mol. The van der Waals surface area contributed by atoms with Crippen LogP contribution in [0.5, 0.6) is 5.75 Å². The second-order valence-electron chi connectivity index (χ2n) is 6.53. The third-order valence-corrected chi connectivity index (χ3v) is 6.32. The van der Waals surface area contributed by atoms with Crippen molar-refractivity contribution in [2.75, 3.05) is 18.3 Å². The van der Waals surface area contributed by atoms with Gasteiger partial charge in [-0.15, -0.1) is 0 Å². The maximum absolute atomic E-state index is 12.9. The van der Waals surface area contributed by atoms with Crippen molar-refractivity contribution in [3.8, 4) is 5.75 Å². The summed E-state index contributed by atoms with van der Waals surface area (Å²) in [5.41, 5.74) is 2.52. The van der Waals surface area contributed by atoms with Crippen molar-refractivity contribution < 1.29 is 23.1 Å². The van der Waals surface area contributed by atoms with E-state index in [9.17, 15) is 13.2 Å². The Hall–Kier alpha value is -3.07. The topological polar surface area (TPSA) is 111 Å². The van der Waals surface area contributed by atoms with Crippen LogP contribution in [0.1, 0.15) is 21.5 Å². The molecule has 0 saturated carbocycles. The summed E-state index contributed by atoms with van der Waals surface area (Å²) < 4.78 is 32.6. The first-order valence-electron chi connectivity index (χ1n) is 8.45. The van der Waals surface area contributed by atoms with E-state index in [1.54, 1.807) is 43.7 Å². The summed E-state index contributed by atoms with van der Waals surface area (Å²) in [6, 6.07) is 7.92. The van der Waals surface area contributed by atoms with Gasteiger partial charge in [0.15, 0.2) is 9.84 Å². The molecule has 2 aromatic carbocycles. The number of benzene rings is 2. The van der Waals surface area contributed by atoms with Crippen LogP contribution in [0.4, 0.5) is 5.95 Å². The Kier molecular flexibility index (Phi) is 5.03. The second kappa shape index (κ2) is 7.16. The van der Waals surface area contributed by atoms with Gasteiger partial charge in [-0.05, 0) is 55.3 Å². The van der Waals surface area contributed by atoms with Crippen molar-refractivity contribution in [1.82, 2.24) is 9.55 Å². The summed E-state index contributed by atoms with van der Waals surface area (Å²) in [6.45, 7) is 3.45. The first kappa shape index (κ1) is 19.7. The van der Waals surface area contributed by atoms with Crippen LogP contribution < -0.4 is 10.1 Å². The summed E-state index contributed by atoms with van der Waals surface area (Å²) >= 11 is 0. The molecule has 28 heavy (non-hydrogen) atoms. The fourth-order valence-corrected chi connectivity index (χ4v) is 4.79. The van der Waals surface area contributed by atoms with Gasteiger partial charge >= 0.3 is 5.97 Å². The highest BCUT2D eigenvalue weighted by Crippen LogP contribution is 2.27. The molecule has 0 radical (unpaired) electrons. The molecule has 3 rings (SSSR count). The van der Waals surface area contributed by atoms with Crippen LogP contribution in [-0.2, 0) is 16.9 Å². The lowest BCUT2D eigenvalue weighted by Crippen LogP contribution is -2.18. The van der Waals surface area contributed by atoms with E-state index < -0.39 is 15.8 Å². The number of anilines is 1. The Morgan fingerprint density at radius 3 is 2.43 bits per heavy atom. The molecule has 0 spiro atoms. The smallest absolute Gasteiger partial charge is 0.335 e.